The van der Waals surface area contributed by atoms with Gasteiger partial charge in [-0.2, -0.15) is 16.7 Å². The Morgan fingerprint density at radius 3 is 3.06 bits per heavy atom. The highest BCUT2D eigenvalue weighted by molar-refractivity contribution is 7.99. The Morgan fingerprint density at radius 1 is 1.56 bits per heavy atom. The Hall–Kier alpha value is -1.04. The fraction of sp³-hybridized carbons (Fsp3) is 0.600. The normalized spacial score (nSPS) is 24.6. The first-order chi connectivity index (χ1) is 7.69. The average Bonchev–Trinajstić information content (AvgIpc) is 2.71. The minimum absolute atomic E-state index is 0.100. The summed E-state index contributed by atoms with van der Waals surface area (Å²) in [5.74, 6) is -0.121. The SMILES string of the molecule is CSC1CCC(Nc2nc(N)ncc2F)C1. The van der Waals surface area contributed by atoms with Gasteiger partial charge in [0, 0.05) is 11.3 Å². The number of nitrogen functional groups attached to an aromatic ring is 1. The summed E-state index contributed by atoms with van der Waals surface area (Å²) >= 11 is 1.86. The van der Waals surface area contributed by atoms with Gasteiger partial charge in [0.15, 0.2) is 11.6 Å². The van der Waals surface area contributed by atoms with Gasteiger partial charge in [0.2, 0.25) is 5.95 Å². The van der Waals surface area contributed by atoms with E-state index in [4.69, 9.17) is 5.73 Å². The van der Waals surface area contributed by atoms with Crippen molar-refractivity contribution in [2.45, 2.75) is 30.6 Å². The number of nitrogens with two attached hydrogens (primary N) is 1. The number of aromatic nitrogens is 2. The molecule has 2 atom stereocenters. The van der Waals surface area contributed by atoms with Gasteiger partial charge in [-0.25, -0.2) is 9.37 Å². The summed E-state index contributed by atoms with van der Waals surface area (Å²) in [6.07, 6.45) is 6.47. The molecule has 2 rings (SSSR count). The second kappa shape index (κ2) is 4.86. The maximum Gasteiger partial charge on any atom is 0.222 e. The standard InChI is InChI=1S/C10H15FN4S/c1-16-7-3-2-6(4-7)14-9-8(11)5-13-10(12)15-9/h5-7H,2-4H2,1H3,(H3,12,13,14,15). The Balaban J connectivity index is 2.01. The molecular weight excluding hydrogens is 227 g/mol. The van der Waals surface area contributed by atoms with Gasteiger partial charge in [0.05, 0.1) is 6.20 Å². The van der Waals surface area contributed by atoms with Crippen LogP contribution in [0.1, 0.15) is 19.3 Å². The molecule has 1 heterocycles. The van der Waals surface area contributed by atoms with Gasteiger partial charge in [-0.15, -0.1) is 0 Å². The van der Waals surface area contributed by atoms with E-state index in [1.54, 1.807) is 0 Å². The smallest absolute Gasteiger partial charge is 0.222 e. The summed E-state index contributed by atoms with van der Waals surface area (Å²) in [4.78, 5) is 7.45. The third-order valence-electron chi connectivity index (χ3n) is 2.82. The van der Waals surface area contributed by atoms with Crippen molar-refractivity contribution in [3.63, 3.8) is 0 Å². The van der Waals surface area contributed by atoms with Crippen molar-refractivity contribution < 1.29 is 4.39 Å². The number of hydrogen-bond donors (Lipinski definition) is 2. The summed E-state index contributed by atoms with van der Waals surface area (Å²) in [5.41, 5.74) is 5.42. The lowest BCUT2D eigenvalue weighted by molar-refractivity contribution is 0.611. The van der Waals surface area contributed by atoms with E-state index in [0.29, 0.717) is 11.3 Å². The molecule has 1 aromatic rings. The first kappa shape index (κ1) is 11.4. The third-order valence-corrected chi connectivity index (χ3v) is 3.92. The molecular formula is C10H15FN4S. The second-order valence-corrected chi connectivity index (χ2v) is 5.07. The van der Waals surface area contributed by atoms with Crippen molar-refractivity contribution in [1.29, 1.82) is 0 Å². The van der Waals surface area contributed by atoms with E-state index in [0.717, 1.165) is 19.0 Å². The lowest BCUT2D eigenvalue weighted by atomic mass is 10.2. The molecule has 1 fully saturated rings. The lowest BCUT2D eigenvalue weighted by Gasteiger charge is -2.13. The summed E-state index contributed by atoms with van der Waals surface area (Å²) in [7, 11) is 0. The van der Waals surface area contributed by atoms with Crippen LogP contribution in [0.15, 0.2) is 6.20 Å². The zero-order valence-electron chi connectivity index (χ0n) is 9.11. The molecule has 1 saturated carbocycles. The van der Waals surface area contributed by atoms with E-state index >= 15 is 0 Å². The molecule has 0 saturated heterocycles. The molecule has 0 spiro atoms. The average molecular weight is 242 g/mol. The Labute approximate surface area is 98.2 Å². The Kier molecular flexibility index (Phi) is 3.48. The van der Waals surface area contributed by atoms with E-state index in [9.17, 15) is 4.39 Å². The number of nitrogens with one attached hydrogen (secondary N) is 1. The van der Waals surface area contributed by atoms with Gasteiger partial charge in [-0.05, 0) is 25.5 Å². The zero-order valence-corrected chi connectivity index (χ0v) is 9.93. The van der Waals surface area contributed by atoms with E-state index in [2.05, 4.69) is 21.5 Å². The van der Waals surface area contributed by atoms with Crippen LogP contribution in [0.25, 0.3) is 0 Å². The summed E-state index contributed by atoms with van der Waals surface area (Å²) in [6.45, 7) is 0. The number of rotatable bonds is 3. The van der Waals surface area contributed by atoms with Crippen molar-refractivity contribution in [3.05, 3.63) is 12.0 Å². The van der Waals surface area contributed by atoms with Gasteiger partial charge in [-0.1, -0.05) is 0 Å². The Bertz CT molecular complexity index is 374. The fourth-order valence-corrected chi connectivity index (χ4v) is 2.76. The quantitative estimate of drug-likeness (QED) is 0.847. The van der Waals surface area contributed by atoms with Crippen molar-refractivity contribution >= 4 is 23.5 Å². The topological polar surface area (TPSA) is 63.8 Å². The van der Waals surface area contributed by atoms with E-state index in [1.807, 2.05) is 11.8 Å². The minimum Gasteiger partial charge on any atom is -0.368 e. The highest BCUT2D eigenvalue weighted by Crippen LogP contribution is 2.30. The first-order valence-electron chi connectivity index (χ1n) is 5.26. The molecule has 0 amide bonds. The molecule has 4 nitrogen and oxygen atoms in total. The van der Waals surface area contributed by atoms with E-state index < -0.39 is 5.82 Å². The maximum absolute atomic E-state index is 13.4. The molecule has 1 aromatic heterocycles. The van der Waals surface area contributed by atoms with Crippen LogP contribution in [0.3, 0.4) is 0 Å². The first-order valence-corrected chi connectivity index (χ1v) is 6.55. The number of thioether (sulfide) groups is 1. The molecule has 1 aliphatic rings. The van der Waals surface area contributed by atoms with Crippen LogP contribution in [-0.4, -0.2) is 27.5 Å². The molecule has 0 radical (unpaired) electrons. The Morgan fingerprint density at radius 2 is 2.38 bits per heavy atom. The summed E-state index contributed by atoms with van der Waals surface area (Å²) < 4.78 is 13.4. The third kappa shape index (κ3) is 2.55. The van der Waals surface area contributed by atoms with Gasteiger partial charge in [0.1, 0.15) is 0 Å². The molecule has 0 bridgehead atoms. The molecule has 1 aliphatic carbocycles. The molecule has 88 valence electrons. The molecule has 16 heavy (non-hydrogen) atoms. The monoisotopic (exact) mass is 242 g/mol. The van der Waals surface area contributed by atoms with Crippen LogP contribution < -0.4 is 11.1 Å². The highest BCUT2D eigenvalue weighted by atomic mass is 32.2. The number of hydrogen-bond acceptors (Lipinski definition) is 5. The fourth-order valence-electron chi connectivity index (χ4n) is 1.96. The number of halogens is 1. The second-order valence-electron chi connectivity index (χ2n) is 3.94. The van der Waals surface area contributed by atoms with Crippen LogP contribution >= 0.6 is 11.8 Å². The largest absolute Gasteiger partial charge is 0.368 e. The van der Waals surface area contributed by atoms with Crippen LogP contribution in [0.4, 0.5) is 16.2 Å². The van der Waals surface area contributed by atoms with E-state index in [-0.39, 0.29) is 11.8 Å². The molecule has 3 N–H and O–H groups in total. The summed E-state index contributed by atoms with van der Waals surface area (Å²) in [6, 6.07) is 0.293. The van der Waals surface area contributed by atoms with Gasteiger partial charge in [0.25, 0.3) is 0 Å². The van der Waals surface area contributed by atoms with Gasteiger partial charge < -0.3 is 11.1 Å². The maximum atomic E-state index is 13.4. The van der Waals surface area contributed by atoms with Crippen LogP contribution in [0, 0.1) is 5.82 Å². The van der Waals surface area contributed by atoms with Crippen molar-refractivity contribution in [2.75, 3.05) is 17.3 Å². The summed E-state index contributed by atoms with van der Waals surface area (Å²) in [5, 5.41) is 3.76. The van der Waals surface area contributed by atoms with Crippen molar-refractivity contribution in [2.24, 2.45) is 0 Å². The van der Waals surface area contributed by atoms with Gasteiger partial charge in [-0.3, -0.25) is 0 Å². The molecule has 6 heteroatoms. The highest BCUT2D eigenvalue weighted by Gasteiger charge is 2.24. The van der Waals surface area contributed by atoms with Crippen LogP contribution in [-0.2, 0) is 0 Å². The van der Waals surface area contributed by atoms with E-state index in [1.165, 1.54) is 6.42 Å². The van der Waals surface area contributed by atoms with Crippen molar-refractivity contribution in [3.8, 4) is 0 Å². The van der Waals surface area contributed by atoms with Crippen LogP contribution in [0.5, 0.6) is 0 Å². The van der Waals surface area contributed by atoms with Gasteiger partial charge >= 0.3 is 0 Å². The number of anilines is 2. The predicted octanol–water partition coefficient (Wildman–Crippen LogP) is 1.89. The number of nitrogens with zero attached hydrogens (tertiary/aromatic N) is 2. The zero-order chi connectivity index (χ0) is 11.5. The van der Waals surface area contributed by atoms with Crippen molar-refractivity contribution in [1.82, 2.24) is 9.97 Å². The van der Waals surface area contributed by atoms with Crippen LogP contribution in [0.2, 0.25) is 0 Å². The molecule has 0 aliphatic heterocycles. The predicted molar refractivity (Wildman–Crippen MR) is 65.0 cm³/mol. The minimum atomic E-state index is -0.443. The molecule has 0 aromatic carbocycles. The lowest BCUT2D eigenvalue weighted by Crippen LogP contribution is -2.18. The molecule has 2 unspecified atom stereocenters.